The van der Waals surface area contributed by atoms with E-state index in [9.17, 15) is 9.90 Å². The van der Waals surface area contributed by atoms with Crippen molar-refractivity contribution in [3.8, 4) is 0 Å². The number of unbranched alkanes of at least 4 members (excludes halogenated alkanes) is 1. The maximum absolute atomic E-state index is 9.45. The number of aliphatic hydroxyl groups excluding tert-OH is 3. The van der Waals surface area contributed by atoms with E-state index in [1.54, 1.807) is 0 Å². The number of carboxylic acids is 1. The Hall–Kier alpha value is -0.650. The van der Waals surface area contributed by atoms with Crippen molar-refractivity contribution >= 4 is 5.97 Å². The van der Waals surface area contributed by atoms with Crippen LogP contribution < -0.4 is 0 Å². The predicted molar refractivity (Wildman–Crippen MR) is 61.2 cm³/mol. The lowest BCUT2D eigenvalue weighted by Gasteiger charge is -2.06. The minimum Gasteiger partial charge on any atom is -0.479 e. The molecule has 0 aromatic heterocycles. The van der Waals surface area contributed by atoms with Crippen molar-refractivity contribution < 1.29 is 25.2 Å². The third-order valence-corrected chi connectivity index (χ3v) is 1.92. The van der Waals surface area contributed by atoms with Crippen molar-refractivity contribution in [3.05, 3.63) is 0 Å². The van der Waals surface area contributed by atoms with E-state index in [1.807, 2.05) is 0 Å². The van der Waals surface area contributed by atoms with E-state index < -0.39 is 12.1 Å². The summed E-state index contributed by atoms with van der Waals surface area (Å²) in [6.07, 6.45) is 3.17. The molecule has 0 fully saturated rings. The van der Waals surface area contributed by atoms with Crippen LogP contribution in [0.1, 0.15) is 46.0 Å². The highest BCUT2D eigenvalue weighted by atomic mass is 16.4. The minimum atomic E-state index is -1.23. The molecular weight excluding hydrogens is 212 g/mol. The first-order valence-corrected chi connectivity index (χ1v) is 5.65. The molecule has 0 heterocycles. The first kappa shape index (κ1) is 17.7. The Morgan fingerprint density at radius 3 is 2.00 bits per heavy atom. The van der Waals surface area contributed by atoms with E-state index in [0.29, 0.717) is 0 Å². The molecule has 0 rings (SSSR count). The Bertz CT molecular complexity index is 158. The predicted octanol–water partition coefficient (Wildman–Crippen LogP) is 0.762. The summed E-state index contributed by atoms with van der Waals surface area (Å²) in [5, 5.41) is 33.4. The van der Waals surface area contributed by atoms with Gasteiger partial charge in [0.05, 0.1) is 6.10 Å². The van der Waals surface area contributed by atoms with Crippen LogP contribution in [0.3, 0.4) is 0 Å². The van der Waals surface area contributed by atoms with E-state index in [2.05, 4.69) is 6.92 Å². The summed E-state index contributed by atoms with van der Waals surface area (Å²) in [4.78, 5) is 9.45. The fourth-order valence-electron chi connectivity index (χ4n) is 0.969. The van der Waals surface area contributed by atoms with Crippen LogP contribution >= 0.6 is 0 Å². The van der Waals surface area contributed by atoms with Gasteiger partial charge in [-0.05, 0) is 32.6 Å². The maximum atomic E-state index is 9.45. The van der Waals surface area contributed by atoms with Gasteiger partial charge in [-0.15, -0.1) is 0 Å². The summed E-state index contributed by atoms with van der Waals surface area (Å²) in [5.41, 5.74) is 0. The van der Waals surface area contributed by atoms with Crippen LogP contribution in [-0.4, -0.2) is 45.2 Å². The van der Waals surface area contributed by atoms with Crippen LogP contribution in [0.2, 0.25) is 0 Å². The second kappa shape index (κ2) is 12.4. The molecule has 16 heavy (non-hydrogen) atoms. The number of aliphatic hydroxyl groups is 3. The molecule has 0 saturated heterocycles. The average molecular weight is 236 g/mol. The molecule has 0 radical (unpaired) electrons. The average Bonchev–Trinajstić information content (AvgIpc) is 2.19. The van der Waals surface area contributed by atoms with Gasteiger partial charge in [-0.1, -0.05) is 13.3 Å². The molecule has 0 saturated carbocycles. The van der Waals surface area contributed by atoms with Gasteiger partial charge < -0.3 is 20.4 Å². The van der Waals surface area contributed by atoms with Gasteiger partial charge in [-0.3, -0.25) is 0 Å². The molecule has 4 N–H and O–H groups in total. The fraction of sp³-hybridized carbons (Fsp3) is 0.909. The third-order valence-electron chi connectivity index (χ3n) is 1.92. The quantitative estimate of drug-likeness (QED) is 0.489. The van der Waals surface area contributed by atoms with Crippen molar-refractivity contribution in [1.29, 1.82) is 0 Å². The molecule has 0 aliphatic heterocycles. The zero-order valence-corrected chi connectivity index (χ0v) is 10.1. The van der Waals surface area contributed by atoms with Gasteiger partial charge in [-0.25, -0.2) is 4.79 Å². The Labute approximate surface area is 96.7 Å². The van der Waals surface area contributed by atoms with Gasteiger partial charge in [0.15, 0.2) is 0 Å². The zero-order valence-electron chi connectivity index (χ0n) is 10.1. The first-order chi connectivity index (χ1) is 7.45. The monoisotopic (exact) mass is 236 g/mol. The van der Waals surface area contributed by atoms with Gasteiger partial charge in [0, 0.05) is 6.61 Å². The third kappa shape index (κ3) is 15.8. The van der Waals surface area contributed by atoms with Crippen LogP contribution in [0.5, 0.6) is 0 Å². The smallest absolute Gasteiger partial charge is 0.332 e. The van der Waals surface area contributed by atoms with Crippen molar-refractivity contribution in [2.75, 3.05) is 6.61 Å². The lowest BCUT2D eigenvalue weighted by molar-refractivity contribution is -0.145. The SMILES string of the molecule is CC(O)C(=O)O.CCCC(O)CCCCO. The molecule has 0 amide bonds. The molecule has 0 aliphatic carbocycles. The standard InChI is InChI=1S/C8H18O2.C3H6O3/c1-2-5-8(10)6-3-4-7-9;1-2(4)3(5)6/h8-10H,2-7H2,1H3;2,4H,1H3,(H,5,6). The van der Waals surface area contributed by atoms with Crippen molar-refractivity contribution in [3.63, 3.8) is 0 Å². The van der Waals surface area contributed by atoms with Crippen LogP contribution in [0, 0.1) is 0 Å². The van der Waals surface area contributed by atoms with E-state index in [4.69, 9.17) is 15.3 Å². The van der Waals surface area contributed by atoms with Gasteiger partial charge in [0.25, 0.3) is 0 Å². The summed E-state index contributed by atoms with van der Waals surface area (Å²) in [7, 11) is 0. The number of hydrogen-bond acceptors (Lipinski definition) is 4. The highest BCUT2D eigenvalue weighted by molar-refractivity contribution is 5.71. The van der Waals surface area contributed by atoms with Gasteiger partial charge >= 0.3 is 5.97 Å². The lowest BCUT2D eigenvalue weighted by Crippen LogP contribution is -2.13. The molecule has 2 atom stereocenters. The Kier molecular flexibility index (Phi) is 13.8. The molecule has 5 heteroatoms. The second-order valence-corrected chi connectivity index (χ2v) is 3.68. The summed E-state index contributed by atoms with van der Waals surface area (Å²) in [6.45, 7) is 3.51. The Balaban J connectivity index is 0. The summed E-state index contributed by atoms with van der Waals surface area (Å²) < 4.78 is 0. The topological polar surface area (TPSA) is 98.0 Å². The summed E-state index contributed by atoms with van der Waals surface area (Å²) >= 11 is 0. The van der Waals surface area contributed by atoms with Crippen molar-refractivity contribution in [1.82, 2.24) is 0 Å². The molecule has 5 nitrogen and oxygen atoms in total. The van der Waals surface area contributed by atoms with Crippen LogP contribution in [-0.2, 0) is 4.79 Å². The fourth-order valence-corrected chi connectivity index (χ4v) is 0.969. The van der Waals surface area contributed by atoms with E-state index in [1.165, 1.54) is 6.92 Å². The minimum absolute atomic E-state index is 0.142. The molecule has 2 unspecified atom stereocenters. The molecule has 0 bridgehead atoms. The number of hydrogen-bond donors (Lipinski definition) is 4. The number of carbonyl (C=O) groups is 1. The summed E-state index contributed by atoms with van der Waals surface area (Å²) in [5.74, 6) is -1.19. The molecule has 0 aromatic carbocycles. The van der Waals surface area contributed by atoms with Crippen molar-refractivity contribution in [2.24, 2.45) is 0 Å². The maximum Gasteiger partial charge on any atom is 0.332 e. The number of aliphatic carboxylic acids is 1. The van der Waals surface area contributed by atoms with E-state index >= 15 is 0 Å². The van der Waals surface area contributed by atoms with Gasteiger partial charge in [-0.2, -0.15) is 0 Å². The van der Waals surface area contributed by atoms with E-state index in [-0.39, 0.29) is 12.7 Å². The highest BCUT2D eigenvalue weighted by Crippen LogP contribution is 2.05. The zero-order chi connectivity index (χ0) is 13.0. The first-order valence-electron chi connectivity index (χ1n) is 5.65. The van der Waals surface area contributed by atoms with Crippen LogP contribution in [0.15, 0.2) is 0 Å². The lowest BCUT2D eigenvalue weighted by atomic mass is 10.1. The molecule has 98 valence electrons. The molecule has 0 aliphatic rings. The van der Waals surface area contributed by atoms with Crippen LogP contribution in [0.4, 0.5) is 0 Å². The van der Waals surface area contributed by atoms with Crippen LogP contribution in [0.25, 0.3) is 0 Å². The molecule has 0 aromatic rings. The van der Waals surface area contributed by atoms with Gasteiger partial charge in [0.1, 0.15) is 6.10 Å². The van der Waals surface area contributed by atoms with Crippen molar-refractivity contribution in [2.45, 2.75) is 58.2 Å². The Morgan fingerprint density at radius 2 is 1.69 bits per heavy atom. The summed E-state index contributed by atoms with van der Waals surface area (Å²) in [6, 6.07) is 0. The number of rotatable bonds is 7. The van der Waals surface area contributed by atoms with E-state index in [0.717, 1.165) is 32.1 Å². The second-order valence-electron chi connectivity index (χ2n) is 3.68. The molecule has 0 spiro atoms. The number of carboxylic acid groups (broad SMARTS) is 1. The Morgan fingerprint density at radius 1 is 1.19 bits per heavy atom. The largest absolute Gasteiger partial charge is 0.479 e. The molecular formula is C11H24O5. The normalized spacial score (nSPS) is 13.6. The highest BCUT2D eigenvalue weighted by Gasteiger charge is 2.01. The van der Waals surface area contributed by atoms with Gasteiger partial charge in [0.2, 0.25) is 0 Å².